The highest BCUT2D eigenvalue weighted by molar-refractivity contribution is 5.69. The van der Waals surface area contributed by atoms with E-state index in [1.54, 1.807) is 0 Å². The molecule has 0 amide bonds. The summed E-state index contributed by atoms with van der Waals surface area (Å²) in [5, 5.41) is 12.1. The molecule has 1 aliphatic heterocycles. The third-order valence-corrected chi connectivity index (χ3v) is 3.60. The average Bonchev–Trinajstić information content (AvgIpc) is 2.02. The standard InChI is InChI=1S/C10H17NO2/c12-10(13)8-3-1-7(2-4-8)9-5-11-6-9/h7-9,11H,1-6H2,(H,12,13). The number of nitrogens with one attached hydrogen (secondary N) is 1. The van der Waals surface area contributed by atoms with E-state index in [0.717, 1.165) is 50.6 Å². The van der Waals surface area contributed by atoms with E-state index in [-0.39, 0.29) is 5.92 Å². The van der Waals surface area contributed by atoms with Crippen molar-refractivity contribution in [3.05, 3.63) is 0 Å². The summed E-state index contributed by atoms with van der Waals surface area (Å²) in [6, 6.07) is 0. The molecular weight excluding hydrogens is 166 g/mol. The molecule has 3 nitrogen and oxygen atoms in total. The van der Waals surface area contributed by atoms with Crippen molar-refractivity contribution >= 4 is 5.97 Å². The molecule has 3 heteroatoms. The van der Waals surface area contributed by atoms with Gasteiger partial charge in [0.15, 0.2) is 0 Å². The van der Waals surface area contributed by atoms with Crippen molar-refractivity contribution in [1.82, 2.24) is 5.32 Å². The zero-order chi connectivity index (χ0) is 9.26. The number of hydrogen-bond acceptors (Lipinski definition) is 2. The van der Waals surface area contributed by atoms with Gasteiger partial charge in [-0.1, -0.05) is 0 Å². The van der Waals surface area contributed by atoms with Crippen molar-refractivity contribution in [1.29, 1.82) is 0 Å². The van der Waals surface area contributed by atoms with E-state index in [0.29, 0.717) is 0 Å². The second-order valence-electron chi connectivity index (χ2n) is 4.37. The van der Waals surface area contributed by atoms with E-state index >= 15 is 0 Å². The summed E-state index contributed by atoms with van der Waals surface area (Å²) in [7, 11) is 0. The number of aliphatic carboxylic acids is 1. The fourth-order valence-corrected chi connectivity index (χ4v) is 2.48. The highest BCUT2D eigenvalue weighted by atomic mass is 16.4. The molecule has 0 atom stereocenters. The lowest BCUT2D eigenvalue weighted by Crippen LogP contribution is -2.47. The first-order chi connectivity index (χ1) is 6.27. The second-order valence-corrected chi connectivity index (χ2v) is 4.37. The Kier molecular flexibility index (Phi) is 2.54. The lowest BCUT2D eigenvalue weighted by Gasteiger charge is -2.38. The molecule has 1 aliphatic carbocycles. The van der Waals surface area contributed by atoms with Gasteiger partial charge >= 0.3 is 5.97 Å². The van der Waals surface area contributed by atoms with Crippen LogP contribution in [0.25, 0.3) is 0 Å². The molecular formula is C10H17NO2. The first kappa shape index (κ1) is 9.00. The maximum Gasteiger partial charge on any atom is 0.306 e. The molecule has 1 saturated carbocycles. The Morgan fingerprint density at radius 2 is 1.69 bits per heavy atom. The van der Waals surface area contributed by atoms with E-state index in [1.165, 1.54) is 0 Å². The molecule has 74 valence electrons. The Labute approximate surface area is 78.5 Å². The van der Waals surface area contributed by atoms with Gasteiger partial charge in [0.1, 0.15) is 0 Å². The Hall–Kier alpha value is -0.570. The van der Waals surface area contributed by atoms with Gasteiger partial charge in [-0.05, 0) is 50.6 Å². The number of rotatable bonds is 2. The summed E-state index contributed by atoms with van der Waals surface area (Å²) in [5.74, 6) is 1.00. The lowest BCUT2D eigenvalue weighted by atomic mass is 9.74. The SMILES string of the molecule is O=C(O)C1CCC(C2CNC2)CC1. The van der Waals surface area contributed by atoms with Crippen LogP contribution in [0, 0.1) is 17.8 Å². The second kappa shape index (κ2) is 3.66. The van der Waals surface area contributed by atoms with Crippen molar-refractivity contribution < 1.29 is 9.90 Å². The maximum atomic E-state index is 10.7. The zero-order valence-corrected chi connectivity index (χ0v) is 7.83. The molecule has 2 rings (SSSR count). The van der Waals surface area contributed by atoms with E-state index in [9.17, 15) is 4.79 Å². The summed E-state index contributed by atoms with van der Waals surface area (Å²) >= 11 is 0. The van der Waals surface area contributed by atoms with Gasteiger partial charge in [0.25, 0.3) is 0 Å². The lowest BCUT2D eigenvalue weighted by molar-refractivity contribution is -0.143. The fraction of sp³-hybridized carbons (Fsp3) is 0.900. The summed E-state index contributed by atoms with van der Waals surface area (Å²) in [6.45, 7) is 2.31. The summed E-state index contributed by atoms with van der Waals surface area (Å²) in [5.41, 5.74) is 0. The molecule has 2 fully saturated rings. The van der Waals surface area contributed by atoms with Crippen LogP contribution >= 0.6 is 0 Å². The predicted molar refractivity (Wildman–Crippen MR) is 49.4 cm³/mol. The zero-order valence-electron chi connectivity index (χ0n) is 7.83. The first-order valence-electron chi connectivity index (χ1n) is 5.21. The molecule has 2 N–H and O–H groups in total. The Morgan fingerprint density at radius 1 is 1.08 bits per heavy atom. The summed E-state index contributed by atoms with van der Waals surface area (Å²) < 4.78 is 0. The molecule has 0 aromatic rings. The molecule has 0 unspecified atom stereocenters. The van der Waals surface area contributed by atoms with Crippen LogP contribution in [0.4, 0.5) is 0 Å². The van der Waals surface area contributed by atoms with Crippen molar-refractivity contribution in [3.8, 4) is 0 Å². The average molecular weight is 183 g/mol. The van der Waals surface area contributed by atoms with Gasteiger partial charge < -0.3 is 10.4 Å². The van der Waals surface area contributed by atoms with Crippen LogP contribution in [-0.2, 0) is 4.79 Å². The minimum atomic E-state index is -0.592. The molecule has 0 spiro atoms. The van der Waals surface area contributed by atoms with E-state index < -0.39 is 5.97 Å². The molecule has 0 bridgehead atoms. The molecule has 13 heavy (non-hydrogen) atoms. The third-order valence-electron chi connectivity index (χ3n) is 3.60. The number of carboxylic acids is 1. The molecule has 1 heterocycles. The van der Waals surface area contributed by atoms with Gasteiger partial charge in [0, 0.05) is 0 Å². The van der Waals surface area contributed by atoms with Gasteiger partial charge in [-0.2, -0.15) is 0 Å². The normalized spacial score (nSPS) is 35.4. The van der Waals surface area contributed by atoms with Gasteiger partial charge in [-0.25, -0.2) is 0 Å². The smallest absolute Gasteiger partial charge is 0.306 e. The maximum absolute atomic E-state index is 10.7. The highest BCUT2D eigenvalue weighted by Gasteiger charge is 2.32. The first-order valence-corrected chi connectivity index (χ1v) is 5.21. The van der Waals surface area contributed by atoms with Crippen LogP contribution in [-0.4, -0.2) is 24.2 Å². The monoisotopic (exact) mass is 183 g/mol. The predicted octanol–water partition coefficient (Wildman–Crippen LogP) is 1.10. The molecule has 2 aliphatic rings. The highest BCUT2D eigenvalue weighted by Crippen LogP contribution is 2.34. The van der Waals surface area contributed by atoms with Crippen LogP contribution in [0.1, 0.15) is 25.7 Å². The fourth-order valence-electron chi connectivity index (χ4n) is 2.48. The topological polar surface area (TPSA) is 49.3 Å². The van der Waals surface area contributed by atoms with Crippen molar-refractivity contribution in [2.45, 2.75) is 25.7 Å². The quantitative estimate of drug-likeness (QED) is 0.674. The molecule has 0 aromatic heterocycles. The van der Waals surface area contributed by atoms with Crippen LogP contribution < -0.4 is 5.32 Å². The van der Waals surface area contributed by atoms with Gasteiger partial charge in [0.05, 0.1) is 5.92 Å². The summed E-state index contributed by atoms with van der Waals surface area (Å²) in [4.78, 5) is 10.7. The van der Waals surface area contributed by atoms with Crippen LogP contribution in [0.5, 0.6) is 0 Å². The largest absolute Gasteiger partial charge is 0.481 e. The Bertz CT molecular complexity index is 193. The summed E-state index contributed by atoms with van der Waals surface area (Å²) in [6.07, 6.45) is 4.06. The van der Waals surface area contributed by atoms with E-state index in [2.05, 4.69) is 5.32 Å². The van der Waals surface area contributed by atoms with Crippen LogP contribution in [0.3, 0.4) is 0 Å². The minimum Gasteiger partial charge on any atom is -0.481 e. The number of carboxylic acid groups (broad SMARTS) is 1. The van der Waals surface area contributed by atoms with Gasteiger partial charge in [0.2, 0.25) is 0 Å². The van der Waals surface area contributed by atoms with Crippen molar-refractivity contribution in [2.75, 3.05) is 13.1 Å². The van der Waals surface area contributed by atoms with E-state index in [4.69, 9.17) is 5.11 Å². The van der Waals surface area contributed by atoms with E-state index in [1.807, 2.05) is 0 Å². The minimum absolute atomic E-state index is 0.0516. The molecule has 1 saturated heterocycles. The van der Waals surface area contributed by atoms with Crippen molar-refractivity contribution in [2.24, 2.45) is 17.8 Å². The number of carbonyl (C=O) groups is 1. The van der Waals surface area contributed by atoms with Crippen LogP contribution in [0.2, 0.25) is 0 Å². The molecule has 0 radical (unpaired) electrons. The Balaban J connectivity index is 1.78. The third kappa shape index (κ3) is 1.85. The van der Waals surface area contributed by atoms with Crippen molar-refractivity contribution in [3.63, 3.8) is 0 Å². The Morgan fingerprint density at radius 3 is 2.08 bits per heavy atom. The van der Waals surface area contributed by atoms with Gasteiger partial charge in [-0.15, -0.1) is 0 Å². The van der Waals surface area contributed by atoms with Crippen LogP contribution in [0.15, 0.2) is 0 Å². The van der Waals surface area contributed by atoms with Gasteiger partial charge in [-0.3, -0.25) is 4.79 Å². The number of hydrogen-bond donors (Lipinski definition) is 2. The molecule has 0 aromatic carbocycles.